The maximum absolute atomic E-state index is 13.2. The Kier molecular flexibility index (Phi) is 4.50. The zero-order valence-corrected chi connectivity index (χ0v) is 11.0. The summed E-state index contributed by atoms with van der Waals surface area (Å²) >= 11 is 0. The maximum Gasteiger partial charge on any atom is 0.234 e. The Morgan fingerprint density at radius 1 is 1.47 bits per heavy atom. The highest BCUT2D eigenvalue weighted by molar-refractivity contribution is 5.79. The third-order valence-electron chi connectivity index (χ3n) is 3.27. The molecule has 4 nitrogen and oxygen atoms in total. The number of carbonyl (C=O) groups excluding carboxylic acids is 1. The van der Waals surface area contributed by atoms with E-state index >= 15 is 0 Å². The van der Waals surface area contributed by atoms with Gasteiger partial charge < -0.3 is 15.4 Å². The van der Waals surface area contributed by atoms with Gasteiger partial charge in [-0.25, -0.2) is 4.39 Å². The minimum absolute atomic E-state index is 0.0714. The van der Waals surface area contributed by atoms with Crippen LogP contribution in [0.15, 0.2) is 24.3 Å². The summed E-state index contributed by atoms with van der Waals surface area (Å²) in [7, 11) is 1.62. The van der Waals surface area contributed by atoms with Crippen molar-refractivity contribution in [3.63, 3.8) is 0 Å². The van der Waals surface area contributed by atoms with Crippen LogP contribution in [0.4, 0.5) is 4.39 Å². The van der Waals surface area contributed by atoms with Crippen molar-refractivity contribution in [1.29, 1.82) is 0 Å². The lowest BCUT2D eigenvalue weighted by Gasteiger charge is -2.18. The second-order valence-electron chi connectivity index (χ2n) is 4.81. The maximum atomic E-state index is 13.2. The second kappa shape index (κ2) is 6.12. The standard InChI is InChI=1S/C14H19FN2O2/c1-19-8-7-16-10-13(18)17-14(5-6-14)11-3-2-4-12(15)9-11/h2-4,9,16H,5-8,10H2,1H3,(H,17,18). The predicted octanol–water partition coefficient (Wildman–Crippen LogP) is 1.17. The van der Waals surface area contributed by atoms with E-state index in [1.54, 1.807) is 13.2 Å². The van der Waals surface area contributed by atoms with Gasteiger partial charge in [0.05, 0.1) is 18.7 Å². The first-order valence-corrected chi connectivity index (χ1v) is 6.43. The summed E-state index contributed by atoms with van der Waals surface area (Å²) in [6.45, 7) is 1.46. The average molecular weight is 266 g/mol. The van der Waals surface area contributed by atoms with Crippen LogP contribution in [0.5, 0.6) is 0 Å². The van der Waals surface area contributed by atoms with Gasteiger partial charge in [0.2, 0.25) is 5.91 Å². The van der Waals surface area contributed by atoms with Crippen molar-refractivity contribution in [3.8, 4) is 0 Å². The molecule has 0 aromatic heterocycles. The predicted molar refractivity (Wildman–Crippen MR) is 70.2 cm³/mol. The summed E-state index contributed by atoms with van der Waals surface area (Å²) < 4.78 is 18.1. The molecule has 0 spiro atoms. The van der Waals surface area contributed by atoms with E-state index in [-0.39, 0.29) is 23.8 Å². The van der Waals surface area contributed by atoms with Gasteiger partial charge in [0.15, 0.2) is 0 Å². The Bertz CT molecular complexity index is 447. The van der Waals surface area contributed by atoms with Gasteiger partial charge in [-0.1, -0.05) is 12.1 Å². The summed E-state index contributed by atoms with van der Waals surface area (Å²) in [4.78, 5) is 11.8. The summed E-state index contributed by atoms with van der Waals surface area (Å²) in [5, 5.41) is 5.97. The summed E-state index contributed by atoms with van der Waals surface area (Å²) in [5.74, 6) is -0.339. The molecule has 19 heavy (non-hydrogen) atoms. The largest absolute Gasteiger partial charge is 0.383 e. The third-order valence-corrected chi connectivity index (χ3v) is 3.27. The molecule has 1 aliphatic carbocycles. The molecule has 1 aromatic rings. The Morgan fingerprint density at radius 3 is 2.89 bits per heavy atom. The van der Waals surface area contributed by atoms with E-state index in [0.29, 0.717) is 13.2 Å². The van der Waals surface area contributed by atoms with Gasteiger partial charge >= 0.3 is 0 Å². The number of carbonyl (C=O) groups is 1. The first-order chi connectivity index (χ1) is 9.16. The van der Waals surface area contributed by atoms with Crippen molar-refractivity contribution in [2.75, 3.05) is 26.8 Å². The number of amides is 1. The van der Waals surface area contributed by atoms with Gasteiger partial charge in [0.1, 0.15) is 5.82 Å². The first-order valence-electron chi connectivity index (χ1n) is 6.43. The van der Waals surface area contributed by atoms with Gasteiger partial charge in [0.25, 0.3) is 0 Å². The molecule has 0 aliphatic heterocycles. The fourth-order valence-corrected chi connectivity index (χ4v) is 2.08. The number of hydrogen-bond acceptors (Lipinski definition) is 3. The highest BCUT2D eigenvalue weighted by Crippen LogP contribution is 2.45. The summed E-state index contributed by atoms with van der Waals surface area (Å²) in [5.41, 5.74) is 0.486. The van der Waals surface area contributed by atoms with Crippen LogP contribution in [-0.4, -0.2) is 32.7 Å². The van der Waals surface area contributed by atoms with E-state index in [1.165, 1.54) is 12.1 Å². The number of nitrogens with one attached hydrogen (secondary N) is 2. The van der Waals surface area contributed by atoms with Gasteiger partial charge in [-0.15, -0.1) is 0 Å². The Labute approximate surface area is 112 Å². The molecule has 1 saturated carbocycles. The molecule has 0 heterocycles. The molecule has 104 valence electrons. The zero-order chi connectivity index (χ0) is 13.7. The van der Waals surface area contributed by atoms with Crippen LogP contribution < -0.4 is 10.6 Å². The van der Waals surface area contributed by atoms with E-state index in [9.17, 15) is 9.18 Å². The van der Waals surface area contributed by atoms with Crippen molar-refractivity contribution >= 4 is 5.91 Å². The van der Waals surface area contributed by atoms with Crippen molar-refractivity contribution in [3.05, 3.63) is 35.6 Å². The molecule has 0 bridgehead atoms. The first kappa shape index (κ1) is 14.0. The molecule has 1 aliphatic rings. The lowest BCUT2D eigenvalue weighted by molar-refractivity contribution is -0.121. The number of ether oxygens (including phenoxy) is 1. The Morgan fingerprint density at radius 2 is 2.26 bits per heavy atom. The van der Waals surface area contributed by atoms with Crippen molar-refractivity contribution in [2.45, 2.75) is 18.4 Å². The van der Waals surface area contributed by atoms with Crippen LogP contribution in [0, 0.1) is 5.82 Å². The minimum atomic E-state index is -0.359. The van der Waals surface area contributed by atoms with E-state index < -0.39 is 0 Å². The molecule has 1 aromatic carbocycles. The summed E-state index contributed by atoms with van der Waals surface area (Å²) in [6.07, 6.45) is 1.72. The molecule has 0 radical (unpaired) electrons. The molecule has 0 saturated heterocycles. The van der Waals surface area contributed by atoms with Crippen LogP contribution >= 0.6 is 0 Å². The van der Waals surface area contributed by atoms with E-state index in [0.717, 1.165) is 18.4 Å². The molecule has 5 heteroatoms. The van der Waals surface area contributed by atoms with Gasteiger partial charge in [-0.3, -0.25) is 4.79 Å². The molecule has 0 unspecified atom stereocenters. The van der Waals surface area contributed by atoms with Gasteiger partial charge in [-0.05, 0) is 30.5 Å². The van der Waals surface area contributed by atoms with Gasteiger partial charge in [0, 0.05) is 13.7 Å². The number of hydrogen-bond donors (Lipinski definition) is 2. The molecule has 1 amide bonds. The van der Waals surface area contributed by atoms with Crippen LogP contribution in [0.3, 0.4) is 0 Å². The fraction of sp³-hybridized carbons (Fsp3) is 0.500. The van der Waals surface area contributed by atoms with Crippen molar-refractivity contribution in [2.24, 2.45) is 0 Å². The van der Waals surface area contributed by atoms with E-state index in [2.05, 4.69) is 10.6 Å². The third kappa shape index (κ3) is 3.75. The smallest absolute Gasteiger partial charge is 0.234 e. The van der Waals surface area contributed by atoms with Gasteiger partial charge in [-0.2, -0.15) is 0 Å². The highest BCUT2D eigenvalue weighted by Gasteiger charge is 2.45. The quantitative estimate of drug-likeness (QED) is 0.728. The van der Waals surface area contributed by atoms with E-state index in [4.69, 9.17) is 4.74 Å². The number of methoxy groups -OCH3 is 1. The van der Waals surface area contributed by atoms with Crippen LogP contribution in [0.1, 0.15) is 18.4 Å². The molecule has 2 rings (SSSR count). The Balaban J connectivity index is 1.86. The minimum Gasteiger partial charge on any atom is -0.383 e. The number of rotatable bonds is 7. The molecule has 0 atom stereocenters. The fourth-order valence-electron chi connectivity index (χ4n) is 2.08. The number of halogens is 1. The zero-order valence-electron chi connectivity index (χ0n) is 11.0. The lowest BCUT2D eigenvalue weighted by Crippen LogP contribution is -2.41. The van der Waals surface area contributed by atoms with Crippen LogP contribution in [0.25, 0.3) is 0 Å². The van der Waals surface area contributed by atoms with Crippen molar-refractivity contribution in [1.82, 2.24) is 10.6 Å². The van der Waals surface area contributed by atoms with Crippen molar-refractivity contribution < 1.29 is 13.9 Å². The molecule has 1 fully saturated rings. The topological polar surface area (TPSA) is 50.4 Å². The van der Waals surface area contributed by atoms with E-state index in [1.807, 2.05) is 6.07 Å². The monoisotopic (exact) mass is 266 g/mol. The summed E-state index contributed by atoms with van der Waals surface area (Å²) in [6, 6.07) is 6.43. The normalized spacial score (nSPS) is 16.1. The SMILES string of the molecule is COCCNCC(=O)NC1(c2cccc(F)c2)CC1. The van der Waals surface area contributed by atoms with Crippen LogP contribution in [-0.2, 0) is 15.1 Å². The molecular formula is C14H19FN2O2. The second-order valence-corrected chi connectivity index (χ2v) is 4.81. The van der Waals surface area contributed by atoms with Crippen LogP contribution in [0.2, 0.25) is 0 Å². The lowest BCUT2D eigenvalue weighted by atomic mass is 10.0. The molecule has 2 N–H and O–H groups in total. The molecular weight excluding hydrogens is 247 g/mol. The average Bonchev–Trinajstić information content (AvgIpc) is 3.16. The Hall–Kier alpha value is -1.46. The number of benzene rings is 1. The highest BCUT2D eigenvalue weighted by atomic mass is 19.1.